The molecule has 3 heterocycles. The molecule has 1 amide bonds. The number of aromatic hydroxyl groups is 2. The number of methoxy groups -OCH3 is 1. The van der Waals surface area contributed by atoms with E-state index < -0.39 is 28.4 Å². The minimum atomic E-state index is -1.01. The third kappa shape index (κ3) is 5.32. The highest BCUT2D eigenvalue weighted by molar-refractivity contribution is 5.91. The predicted octanol–water partition coefficient (Wildman–Crippen LogP) is 4.02. The fourth-order valence-corrected chi connectivity index (χ4v) is 5.71. The summed E-state index contributed by atoms with van der Waals surface area (Å²) < 4.78 is 11.5. The standard InChI is InChI=1S/C33H31N3O7/c1-35-10-12-36(13-11-35)29(40)16-22(23-14-20-8-9-21(42-2)15-24(20)34-33(23)41)30-25(37)17-26(38)31-27(39)18-28(43-32(30)31)19-6-4-3-5-7-19/h3-9,14-15,17-18,22,37-38H,10-13,16H2,1-2H3,(H,34,41)/t22-/m0/s1. The largest absolute Gasteiger partial charge is 0.507 e. The van der Waals surface area contributed by atoms with Gasteiger partial charge in [-0.1, -0.05) is 30.3 Å². The number of nitrogens with one attached hydrogen (secondary N) is 1. The normalized spacial score (nSPS) is 14.7. The molecule has 2 aromatic heterocycles. The van der Waals surface area contributed by atoms with Crippen molar-refractivity contribution in [3.8, 4) is 28.6 Å². The number of fused-ring (bicyclic) bond motifs is 2. The fraction of sp³-hybridized carbons (Fsp3) is 0.242. The van der Waals surface area contributed by atoms with Gasteiger partial charge in [-0.25, -0.2) is 0 Å². The zero-order valence-corrected chi connectivity index (χ0v) is 23.8. The summed E-state index contributed by atoms with van der Waals surface area (Å²) in [5, 5.41) is 22.6. The van der Waals surface area contributed by atoms with Gasteiger partial charge in [-0.2, -0.15) is 0 Å². The number of likely N-dealkylation sites (N-methyl/N-ethyl adjacent to an activating group) is 1. The van der Waals surface area contributed by atoms with Crippen LogP contribution in [0.15, 0.2) is 80.7 Å². The molecule has 220 valence electrons. The van der Waals surface area contributed by atoms with Crippen LogP contribution in [0.5, 0.6) is 17.2 Å². The first kappa shape index (κ1) is 28.0. The Morgan fingerprint density at radius 2 is 1.72 bits per heavy atom. The van der Waals surface area contributed by atoms with Crippen LogP contribution >= 0.6 is 0 Å². The molecule has 1 aliphatic heterocycles. The molecule has 0 bridgehead atoms. The number of carbonyl (C=O) groups is 1. The number of phenols is 2. The van der Waals surface area contributed by atoms with Gasteiger partial charge in [0.15, 0.2) is 5.43 Å². The maximum absolute atomic E-state index is 13.7. The topological polar surface area (TPSA) is 136 Å². The second-order valence-electron chi connectivity index (χ2n) is 10.8. The van der Waals surface area contributed by atoms with Crippen molar-refractivity contribution in [2.75, 3.05) is 40.3 Å². The van der Waals surface area contributed by atoms with Crippen LogP contribution in [0.25, 0.3) is 33.2 Å². The molecule has 6 rings (SSSR count). The second-order valence-corrected chi connectivity index (χ2v) is 10.8. The van der Waals surface area contributed by atoms with Crippen LogP contribution in [-0.2, 0) is 4.79 Å². The van der Waals surface area contributed by atoms with Crippen LogP contribution in [0.1, 0.15) is 23.5 Å². The Morgan fingerprint density at radius 1 is 0.977 bits per heavy atom. The molecular weight excluding hydrogens is 550 g/mol. The molecule has 43 heavy (non-hydrogen) atoms. The number of amides is 1. The number of rotatable bonds is 6. The number of hydrogen-bond donors (Lipinski definition) is 3. The zero-order chi connectivity index (χ0) is 30.2. The minimum Gasteiger partial charge on any atom is -0.507 e. The molecule has 1 aliphatic rings. The maximum atomic E-state index is 13.7. The lowest BCUT2D eigenvalue weighted by atomic mass is 9.86. The Bertz CT molecular complexity index is 1960. The summed E-state index contributed by atoms with van der Waals surface area (Å²) >= 11 is 0. The molecule has 1 atom stereocenters. The number of phenolic OH excluding ortho intramolecular Hbond substituents is 2. The molecule has 10 heteroatoms. The lowest BCUT2D eigenvalue weighted by Gasteiger charge is -2.33. The highest BCUT2D eigenvalue weighted by atomic mass is 16.5. The number of pyridine rings is 1. The SMILES string of the molecule is COc1ccc2cc([C@H](CC(=O)N3CCN(C)CC3)c3c(O)cc(O)c4c(=O)cc(-c5ccccc5)oc34)c(=O)[nH]c2c1. The number of nitrogens with zero attached hydrogens (tertiary/aromatic N) is 2. The first-order valence-corrected chi connectivity index (χ1v) is 14.0. The van der Waals surface area contributed by atoms with Crippen molar-refractivity contribution in [2.24, 2.45) is 0 Å². The van der Waals surface area contributed by atoms with Crippen LogP contribution in [0.2, 0.25) is 0 Å². The van der Waals surface area contributed by atoms with Gasteiger partial charge in [0.2, 0.25) is 5.91 Å². The number of benzene rings is 3. The quantitative estimate of drug-likeness (QED) is 0.274. The van der Waals surface area contributed by atoms with Gasteiger partial charge in [0.1, 0.15) is 34.0 Å². The summed E-state index contributed by atoms with van der Waals surface area (Å²) in [6.45, 7) is 2.45. The van der Waals surface area contributed by atoms with Crippen LogP contribution in [0.4, 0.5) is 0 Å². The number of H-pyrrole nitrogens is 1. The number of ether oxygens (including phenoxy) is 1. The third-order valence-electron chi connectivity index (χ3n) is 8.10. The summed E-state index contributed by atoms with van der Waals surface area (Å²) in [5.41, 5.74) is 0.336. The van der Waals surface area contributed by atoms with Gasteiger partial charge < -0.3 is 34.2 Å². The van der Waals surface area contributed by atoms with Crippen molar-refractivity contribution in [1.82, 2.24) is 14.8 Å². The van der Waals surface area contributed by atoms with E-state index in [0.29, 0.717) is 48.4 Å². The molecule has 10 nitrogen and oxygen atoms in total. The predicted molar refractivity (Wildman–Crippen MR) is 163 cm³/mol. The van der Waals surface area contributed by atoms with Crippen LogP contribution in [0, 0.1) is 0 Å². The van der Waals surface area contributed by atoms with Gasteiger partial charge >= 0.3 is 0 Å². The second kappa shape index (κ2) is 11.3. The van der Waals surface area contributed by atoms with Crippen molar-refractivity contribution in [1.29, 1.82) is 0 Å². The van der Waals surface area contributed by atoms with Gasteiger partial charge in [0.25, 0.3) is 5.56 Å². The molecule has 0 unspecified atom stereocenters. The van der Waals surface area contributed by atoms with Gasteiger partial charge in [-0.15, -0.1) is 0 Å². The van der Waals surface area contributed by atoms with E-state index in [2.05, 4.69) is 9.88 Å². The van der Waals surface area contributed by atoms with E-state index in [1.807, 2.05) is 13.1 Å². The number of piperazine rings is 1. The van der Waals surface area contributed by atoms with Crippen molar-refractivity contribution in [3.63, 3.8) is 0 Å². The highest BCUT2D eigenvalue weighted by Crippen LogP contribution is 2.42. The Hall–Kier alpha value is -5.09. The molecular formula is C33H31N3O7. The average Bonchev–Trinajstić information content (AvgIpc) is 3.00. The van der Waals surface area contributed by atoms with Crippen molar-refractivity contribution in [2.45, 2.75) is 12.3 Å². The van der Waals surface area contributed by atoms with Crippen molar-refractivity contribution >= 4 is 27.8 Å². The molecule has 3 aromatic carbocycles. The van der Waals surface area contributed by atoms with Crippen molar-refractivity contribution in [3.05, 3.63) is 98.4 Å². The zero-order valence-electron chi connectivity index (χ0n) is 23.8. The lowest BCUT2D eigenvalue weighted by molar-refractivity contribution is -0.133. The van der Waals surface area contributed by atoms with E-state index in [9.17, 15) is 24.6 Å². The molecule has 1 fully saturated rings. The van der Waals surface area contributed by atoms with Gasteiger partial charge in [-0.3, -0.25) is 14.4 Å². The monoisotopic (exact) mass is 581 g/mol. The molecule has 5 aromatic rings. The number of aromatic amines is 1. The summed E-state index contributed by atoms with van der Waals surface area (Å²) in [7, 11) is 3.52. The summed E-state index contributed by atoms with van der Waals surface area (Å²) in [4.78, 5) is 47.5. The summed E-state index contributed by atoms with van der Waals surface area (Å²) in [6, 6.07) is 18.2. The van der Waals surface area contributed by atoms with E-state index in [1.165, 1.54) is 13.2 Å². The van der Waals surface area contributed by atoms with E-state index in [0.717, 1.165) is 6.07 Å². The Kier molecular flexibility index (Phi) is 7.37. The highest BCUT2D eigenvalue weighted by Gasteiger charge is 2.32. The van der Waals surface area contributed by atoms with Gasteiger partial charge in [-0.05, 0) is 30.6 Å². The molecule has 0 aliphatic carbocycles. The van der Waals surface area contributed by atoms with E-state index >= 15 is 0 Å². The Labute approximate surface area is 246 Å². The van der Waals surface area contributed by atoms with E-state index in [4.69, 9.17) is 9.15 Å². The molecule has 1 saturated heterocycles. The first-order valence-electron chi connectivity index (χ1n) is 14.0. The molecule has 0 radical (unpaired) electrons. The average molecular weight is 582 g/mol. The number of hydrogen-bond acceptors (Lipinski definition) is 8. The van der Waals surface area contributed by atoms with Gasteiger partial charge in [0, 0.05) is 73.4 Å². The van der Waals surface area contributed by atoms with Crippen LogP contribution < -0.4 is 15.7 Å². The first-order chi connectivity index (χ1) is 20.7. The molecule has 0 saturated carbocycles. The van der Waals surface area contributed by atoms with E-state index in [-0.39, 0.29) is 40.2 Å². The van der Waals surface area contributed by atoms with E-state index in [1.54, 1.807) is 53.4 Å². The summed E-state index contributed by atoms with van der Waals surface area (Å²) in [6.07, 6.45) is -0.179. The van der Waals surface area contributed by atoms with Gasteiger partial charge in [0.05, 0.1) is 12.6 Å². The van der Waals surface area contributed by atoms with Crippen LogP contribution in [0.3, 0.4) is 0 Å². The van der Waals surface area contributed by atoms with Crippen molar-refractivity contribution < 1.29 is 24.2 Å². The smallest absolute Gasteiger partial charge is 0.252 e. The maximum Gasteiger partial charge on any atom is 0.252 e. The Morgan fingerprint density at radius 3 is 2.44 bits per heavy atom. The molecule has 3 N–H and O–H groups in total. The molecule has 0 spiro atoms. The minimum absolute atomic E-state index is 0.0727. The number of carbonyl (C=O) groups excluding carboxylic acids is 1. The summed E-state index contributed by atoms with van der Waals surface area (Å²) in [5.74, 6) is -1.31. The van der Waals surface area contributed by atoms with Crippen LogP contribution in [-0.4, -0.2) is 71.2 Å². The lowest BCUT2D eigenvalue weighted by Crippen LogP contribution is -2.47. The Balaban J connectivity index is 1.59. The number of aromatic nitrogens is 1. The third-order valence-corrected chi connectivity index (χ3v) is 8.10. The fourth-order valence-electron chi connectivity index (χ4n) is 5.71.